The third kappa shape index (κ3) is 6.18. The lowest BCUT2D eigenvalue weighted by Crippen LogP contribution is -2.48. The van der Waals surface area contributed by atoms with Gasteiger partial charge in [0.2, 0.25) is 15.9 Å². The fourth-order valence-electron chi connectivity index (χ4n) is 4.84. The van der Waals surface area contributed by atoms with Crippen molar-refractivity contribution in [2.24, 2.45) is 0 Å². The van der Waals surface area contributed by atoms with Gasteiger partial charge in [0, 0.05) is 32.1 Å². The topological polar surface area (TPSA) is 87.2 Å². The second kappa shape index (κ2) is 11.2. The monoisotopic (exact) mass is 540 g/mol. The highest BCUT2D eigenvalue weighted by molar-refractivity contribution is 7.89. The van der Waals surface area contributed by atoms with Crippen LogP contribution in [0.25, 0.3) is 0 Å². The van der Waals surface area contributed by atoms with Gasteiger partial charge < -0.3 is 14.7 Å². The smallest absolute Gasteiger partial charge is 0.248 e. The van der Waals surface area contributed by atoms with Gasteiger partial charge in [-0.2, -0.15) is 4.31 Å². The van der Waals surface area contributed by atoms with Gasteiger partial charge in [0.1, 0.15) is 11.5 Å². The molecule has 7 nitrogen and oxygen atoms in total. The number of benzene rings is 2. The first-order valence-electron chi connectivity index (χ1n) is 11.8. The minimum atomic E-state index is -3.89. The van der Waals surface area contributed by atoms with Crippen LogP contribution < -0.4 is 0 Å². The van der Waals surface area contributed by atoms with Crippen LogP contribution >= 0.6 is 23.2 Å². The molecule has 1 amide bonds. The summed E-state index contributed by atoms with van der Waals surface area (Å²) in [6.07, 6.45) is 2.89. The molecule has 190 valence electrons. The molecule has 1 atom stereocenters. The molecule has 4 rings (SSSR count). The zero-order valence-electron chi connectivity index (χ0n) is 19.4. The Bertz CT molecular complexity index is 1120. The van der Waals surface area contributed by atoms with Gasteiger partial charge in [-0.05, 0) is 43.4 Å². The van der Waals surface area contributed by atoms with Crippen molar-refractivity contribution in [1.29, 1.82) is 0 Å². The number of carbonyl (C=O) groups is 1. The van der Waals surface area contributed by atoms with Crippen molar-refractivity contribution < 1.29 is 23.1 Å². The molecule has 2 aliphatic heterocycles. The number of ether oxygens (including phenoxy) is 1. The Hall–Kier alpha value is -1.68. The van der Waals surface area contributed by atoms with Crippen molar-refractivity contribution >= 4 is 39.1 Å². The zero-order chi connectivity index (χ0) is 25.1. The number of hydrogen-bond donors (Lipinski definition) is 1. The van der Waals surface area contributed by atoms with Gasteiger partial charge in [-0.25, -0.2) is 8.42 Å². The lowest BCUT2D eigenvalue weighted by molar-refractivity contribution is -0.140. The van der Waals surface area contributed by atoms with Crippen molar-refractivity contribution in [3.8, 4) is 0 Å². The molecule has 10 heteroatoms. The lowest BCUT2D eigenvalue weighted by Gasteiger charge is -2.38. The van der Waals surface area contributed by atoms with E-state index >= 15 is 0 Å². The zero-order valence-corrected chi connectivity index (χ0v) is 21.7. The van der Waals surface area contributed by atoms with Crippen molar-refractivity contribution in [2.45, 2.75) is 48.6 Å². The number of piperidine rings is 1. The molecule has 0 spiro atoms. The Morgan fingerprint density at radius 2 is 1.69 bits per heavy atom. The summed E-state index contributed by atoms with van der Waals surface area (Å²) >= 11 is 12.3. The largest absolute Gasteiger partial charge is 0.389 e. The Balaban J connectivity index is 1.28. The Morgan fingerprint density at radius 3 is 2.34 bits per heavy atom. The molecule has 2 aromatic carbocycles. The van der Waals surface area contributed by atoms with E-state index in [-0.39, 0.29) is 34.1 Å². The molecule has 1 unspecified atom stereocenters. The maximum atomic E-state index is 13.2. The number of aliphatic hydroxyl groups is 1. The van der Waals surface area contributed by atoms with Crippen molar-refractivity contribution in [1.82, 2.24) is 9.21 Å². The molecule has 1 N–H and O–H groups in total. The fraction of sp³-hybridized carbons (Fsp3) is 0.480. The normalized spacial score (nSPS) is 20.8. The van der Waals surface area contributed by atoms with Crippen LogP contribution in [-0.2, 0) is 26.0 Å². The maximum Gasteiger partial charge on any atom is 0.248 e. The quantitative estimate of drug-likeness (QED) is 0.550. The molecule has 2 aliphatic rings. The van der Waals surface area contributed by atoms with E-state index in [0.717, 1.165) is 5.56 Å². The average molecular weight is 541 g/mol. The van der Waals surface area contributed by atoms with Crippen LogP contribution in [0.2, 0.25) is 10.0 Å². The second-order valence-corrected chi connectivity index (χ2v) is 11.9. The third-order valence-corrected chi connectivity index (χ3v) is 9.68. The van der Waals surface area contributed by atoms with Crippen molar-refractivity contribution in [2.75, 3.05) is 32.8 Å². The van der Waals surface area contributed by atoms with E-state index in [4.69, 9.17) is 27.9 Å². The number of likely N-dealkylation sites (tertiary alicyclic amines) is 1. The molecule has 2 saturated heterocycles. The highest BCUT2D eigenvalue weighted by Crippen LogP contribution is 2.35. The van der Waals surface area contributed by atoms with Gasteiger partial charge in [-0.3, -0.25) is 4.79 Å². The van der Waals surface area contributed by atoms with Gasteiger partial charge in [-0.15, -0.1) is 0 Å². The van der Waals surface area contributed by atoms with Crippen LogP contribution in [0.3, 0.4) is 0 Å². The Morgan fingerprint density at radius 1 is 1.03 bits per heavy atom. The molecule has 2 aromatic rings. The van der Waals surface area contributed by atoms with E-state index in [9.17, 15) is 18.3 Å². The number of carbonyl (C=O) groups excluding carboxylic acids is 1. The summed E-state index contributed by atoms with van der Waals surface area (Å²) < 4.78 is 33.5. The maximum absolute atomic E-state index is 13.2. The van der Waals surface area contributed by atoms with Crippen LogP contribution in [0, 0.1) is 0 Å². The number of halogens is 2. The molecule has 0 aliphatic carbocycles. The standard InChI is InChI=1S/C25H30Cl2N2O5S/c26-21-9-4-10-22(27)24(21)35(32,33)29-13-5-8-20(29)17-34-18-23(30)28-14-11-25(31,12-15-28)16-19-6-2-1-3-7-19/h1-4,6-7,9-10,20,31H,5,8,11-18H2. The predicted molar refractivity (Wildman–Crippen MR) is 135 cm³/mol. The van der Waals surface area contributed by atoms with Crippen molar-refractivity contribution in [3.05, 3.63) is 64.1 Å². The average Bonchev–Trinajstić information content (AvgIpc) is 3.29. The molecular weight excluding hydrogens is 511 g/mol. The van der Waals surface area contributed by atoms with Gasteiger partial charge in [0.15, 0.2) is 0 Å². The summed E-state index contributed by atoms with van der Waals surface area (Å²) in [5.41, 5.74) is 0.254. The molecule has 0 radical (unpaired) electrons. The van der Waals surface area contributed by atoms with Gasteiger partial charge in [-0.1, -0.05) is 59.6 Å². The van der Waals surface area contributed by atoms with Crippen molar-refractivity contribution in [3.63, 3.8) is 0 Å². The molecule has 0 bridgehead atoms. The SMILES string of the molecule is O=C(COCC1CCCN1S(=O)(=O)c1c(Cl)cccc1Cl)N1CCC(O)(Cc2ccccc2)CC1. The summed E-state index contributed by atoms with van der Waals surface area (Å²) in [6.45, 7) is 1.24. The van der Waals surface area contributed by atoms with Crippen LogP contribution in [0.15, 0.2) is 53.4 Å². The fourth-order valence-corrected chi connectivity index (χ4v) is 7.61. The van der Waals surface area contributed by atoms with Gasteiger partial charge in [0.25, 0.3) is 0 Å². The Kier molecular flexibility index (Phi) is 8.41. The van der Waals surface area contributed by atoms with Gasteiger partial charge in [0.05, 0.1) is 22.3 Å². The summed E-state index contributed by atoms with van der Waals surface area (Å²) in [5, 5.41) is 11.1. The van der Waals surface area contributed by atoms with E-state index in [1.165, 1.54) is 16.4 Å². The number of rotatable bonds is 8. The van der Waals surface area contributed by atoms with Crippen LogP contribution in [-0.4, -0.2) is 73.1 Å². The first kappa shape index (κ1) is 26.4. The van der Waals surface area contributed by atoms with E-state index in [1.54, 1.807) is 11.0 Å². The summed E-state index contributed by atoms with van der Waals surface area (Å²) in [7, 11) is -3.89. The number of amides is 1. The second-order valence-electron chi connectivity index (χ2n) is 9.25. The minimum absolute atomic E-state index is 0.0802. The predicted octanol–water partition coefficient (Wildman–Crippen LogP) is 3.76. The first-order valence-corrected chi connectivity index (χ1v) is 14.0. The molecule has 2 fully saturated rings. The third-order valence-electron chi connectivity index (χ3n) is 6.77. The molecule has 0 aromatic heterocycles. The molecule has 0 saturated carbocycles. The highest BCUT2D eigenvalue weighted by Gasteiger charge is 2.38. The van der Waals surface area contributed by atoms with E-state index in [0.29, 0.717) is 51.7 Å². The number of nitrogens with zero attached hydrogens (tertiary/aromatic N) is 2. The van der Waals surface area contributed by atoms with Crippen LogP contribution in [0.4, 0.5) is 0 Å². The summed E-state index contributed by atoms with van der Waals surface area (Å²) in [5.74, 6) is -0.159. The lowest BCUT2D eigenvalue weighted by atomic mass is 9.85. The van der Waals surface area contributed by atoms with Crippen LogP contribution in [0.5, 0.6) is 0 Å². The summed E-state index contributed by atoms with van der Waals surface area (Å²) in [6, 6.07) is 14.1. The first-order chi connectivity index (χ1) is 16.7. The molecule has 2 heterocycles. The molecule has 35 heavy (non-hydrogen) atoms. The van der Waals surface area contributed by atoms with Gasteiger partial charge >= 0.3 is 0 Å². The minimum Gasteiger partial charge on any atom is -0.389 e. The van der Waals surface area contributed by atoms with Crippen LogP contribution in [0.1, 0.15) is 31.2 Å². The molecular formula is C25H30Cl2N2O5S. The Labute approximate surface area is 216 Å². The number of hydrogen-bond acceptors (Lipinski definition) is 5. The highest BCUT2D eigenvalue weighted by atomic mass is 35.5. The summed E-state index contributed by atoms with van der Waals surface area (Å²) in [4.78, 5) is 14.3. The van der Waals surface area contributed by atoms with E-state index in [2.05, 4.69) is 0 Å². The number of sulfonamides is 1. The van der Waals surface area contributed by atoms with E-state index < -0.39 is 21.7 Å². The van der Waals surface area contributed by atoms with E-state index in [1.807, 2.05) is 30.3 Å².